The van der Waals surface area contributed by atoms with E-state index in [1.165, 1.54) is 6.07 Å². The number of hydrogen-bond donors (Lipinski definition) is 3. The van der Waals surface area contributed by atoms with E-state index < -0.39 is 0 Å². The van der Waals surface area contributed by atoms with E-state index in [1.54, 1.807) is 18.2 Å². The van der Waals surface area contributed by atoms with Gasteiger partial charge in [0.15, 0.2) is 0 Å². The third kappa shape index (κ3) is 2.47. The van der Waals surface area contributed by atoms with E-state index in [2.05, 4.69) is 10.6 Å². The summed E-state index contributed by atoms with van der Waals surface area (Å²) in [6, 6.07) is 6.58. The summed E-state index contributed by atoms with van der Waals surface area (Å²) in [6.07, 6.45) is 0.963. The fourth-order valence-electron chi connectivity index (χ4n) is 1.69. The Morgan fingerprint density at radius 1 is 1.53 bits per heavy atom. The van der Waals surface area contributed by atoms with Gasteiger partial charge >= 0.3 is 0 Å². The van der Waals surface area contributed by atoms with E-state index >= 15 is 0 Å². The molecule has 0 radical (unpaired) electrons. The van der Waals surface area contributed by atoms with Gasteiger partial charge in [-0.3, -0.25) is 4.79 Å². The number of nitrogens with one attached hydrogen (secondary N) is 2. The Balaban J connectivity index is 2.01. The van der Waals surface area contributed by atoms with E-state index in [4.69, 9.17) is 0 Å². The molecule has 1 atom stereocenters. The minimum absolute atomic E-state index is 0.118. The summed E-state index contributed by atoms with van der Waals surface area (Å²) in [5.74, 6) is -0.00760. The van der Waals surface area contributed by atoms with E-state index in [9.17, 15) is 9.90 Å². The summed E-state index contributed by atoms with van der Waals surface area (Å²) in [5, 5.41) is 15.3. The molecule has 1 aliphatic heterocycles. The normalized spacial score (nSPS) is 20.1. The van der Waals surface area contributed by atoms with Gasteiger partial charge in [-0.1, -0.05) is 6.07 Å². The van der Waals surface area contributed by atoms with Crippen LogP contribution in [0.15, 0.2) is 24.3 Å². The molecule has 0 aliphatic carbocycles. The second-order valence-electron chi connectivity index (χ2n) is 3.71. The lowest BCUT2D eigenvalue weighted by Crippen LogP contribution is -2.36. The Kier molecular flexibility index (Phi) is 2.87. The van der Waals surface area contributed by atoms with Crippen molar-refractivity contribution in [1.29, 1.82) is 0 Å². The number of carbonyl (C=O) groups is 1. The third-order valence-electron chi connectivity index (χ3n) is 2.50. The summed E-state index contributed by atoms with van der Waals surface area (Å²) >= 11 is 0. The quantitative estimate of drug-likeness (QED) is 0.659. The van der Waals surface area contributed by atoms with Crippen LogP contribution in [-0.4, -0.2) is 30.1 Å². The third-order valence-corrected chi connectivity index (χ3v) is 2.50. The second-order valence-corrected chi connectivity index (χ2v) is 3.71. The number of rotatable bonds is 2. The van der Waals surface area contributed by atoms with E-state index in [1.807, 2.05) is 0 Å². The van der Waals surface area contributed by atoms with Gasteiger partial charge < -0.3 is 15.7 Å². The highest BCUT2D eigenvalue weighted by Crippen LogP contribution is 2.11. The van der Waals surface area contributed by atoms with Gasteiger partial charge in [0, 0.05) is 18.2 Å². The molecule has 0 bridgehead atoms. The number of phenols is 1. The van der Waals surface area contributed by atoms with Crippen LogP contribution in [-0.2, 0) is 0 Å². The Morgan fingerprint density at radius 2 is 2.40 bits per heavy atom. The van der Waals surface area contributed by atoms with Crippen LogP contribution in [0.1, 0.15) is 16.8 Å². The first kappa shape index (κ1) is 9.98. The molecule has 1 amide bonds. The zero-order valence-electron chi connectivity index (χ0n) is 8.36. The van der Waals surface area contributed by atoms with E-state index in [-0.39, 0.29) is 17.7 Å². The Labute approximate surface area is 88.3 Å². The molecule has 1 aromatic rings. The molecule has 4 nitrogen and oxygen atoms in total. The van der Waals surface area contributed by atoms with Crippen molar-refractivity contribution in [2.45, 2.75) is 12.5 Å². The Morgan fingerprint density at radius 3 is 3.07 bits per heavy atom. The zero-order chi connectivity index (χ0) is 10.7. The molecule has 2 rings (SSSR count). The molecular formula is C11H14N2O2. The van der Waals surface area contributed by atoms with Gasteiger partial charge in [0.1, 0.15) is 5.75 Å². The number of hydrogen-bond acceptors (Lipinski definition) is 3. The molecule has 15 heavy (non-hydrogen) atoms. The van der Waals surface area contributed by atoms with Crippen molar-refractivity contribution in [3.05, 3.63) is 29.8 Å². The average Bonchev–Trinajstić information content (AvgIpc) is 2.70. The molecule has 0 unspecified atom stereocenters. The van der Waals surface area contributed by atoms with Crippen LogP contribution in [0.2, 0.25) is 0 Å². The summed E-state index contributed by atoms with van der Waals surface area (Å²) in [4.78, 5) is 11.7. The maximum absolute atomic E-state index is 11.7. The fraction of sp³-hybridized carbons (Fsp3) is 0.364. The predicted molar refractivity (Wildman–Crippen MR) is 56.8 cm³/mol. The SMILES string of the molecule is O=C(N[C@@H]1CCNC1)c1cccc(O)c1. The van der Waals surface area contributed by atoms with Gasteiger partial charge in [-0.25, -0.2) is 0 Å². The lowest BCUT2D eigenvalue weighted by Gasteiger charge is -2.11. The molecule has 0 aromatic heterocycles. The van der Waals surface area contributed by atoms with Crippen LogP contribution in [0.5, 0.6) is 5.75 Å². The minimum atomic E-state index is -0.125. The molecule has 1 fully saturated rings. The highest BCUT2D eigenvalue weighted by Gasteiger charge is 2.17. The van der Waals surface area contributed by atoms with Crippen molar-refractivity contribution in [1.82, 2.24) is 10.6 Å². The van der Waals surface area contributed by atoms with Crippen LogP contribution in [0, 0.1) is 0 Å². The lowest BCUT2D eigenvalue weighted by molar-refractivity contribution is 0.0939. The summed E-state index contributed by atoms with van der Waals surface area (Å²) < 4.78 is 0. The average molecular weight is 206 g/mol. The fourth-order valence-corrected chi connectivity index (χ4v) is 1.69. The molecule has 0 spiro atoms. The van der Waals surface area contributed by atoms with Crippen LogP contribution in [0.25, 0.3) is 0 Å². The number of carbonyl (C=O) groups excluding carboxylic acids is 1. The Hall–Kier alpha value is -1.55. The van der Waals surface area contributed by atoms with Crippen LogP contribution in [0.4, 0.5) is 0 Å². The molecule has 3 N–H and O–H groups in total. The number of phenolic OH excluding ortho intramolecular Hbond substituents is 1. The monoisotopic (exact) mass is 206 g/mol. The van der Waals surface area contributed by atoms with Crippen molar-refractivity contribution >= 4 is 5.91 Å². The van der Waals surface area contributed by atoms with E-state index in [0.29, 0.717) is 5.56 Å². The molecule has 1 heterocycles. The van der Waals surface area contributed by atoms with Gasteiger partial charge in [-0.2, -0.15) is 0 Å². The summed E-state index contributed by atoms with van der Waals surface area (Å²) in [6.45, 7) is 1.77. The zero-order valence-corrected chi connectivity index (χ0v) is 8.36. The molecule has 1 aromatic carbocycles. The molecule has 4 heteroatoms. The first-order valence-electron chi connectivity index (χ1n) is 5.06. The van der Waals surface area contributed by atoms with Crippen molar-refractivity contribution in [2.75, 3.05) is 13.1 Å². The minimum Gasteiger partial charge on any atom is -0.508 e. The maximum atomic E-state index is 11.7. The summed E-state index contributed by atoms with van der Waals surface area (Å²) in [5.41, 5.74) is 0.502. The van der Waals surface area contributed by atoms with Crippen LogP contribution in [0.3, 0.4) is 0 Å². The molecule has 1 aliphatic rings. The second kappa shape index (κ2) is 4.31. The topological polar surface area (TPSA) is 61.4 Å². The predicted octanol–water partition coefficient (Wildman–Crippen LogP) is 0.484. The Bertz CT molecular complexity index is 359. The van der Waals surface area contributed by atoms with Gasteiger partial charge in [0.2, 0.25) is 0 Å². The highest BCUT2D eigenvalue weighted by atomic mass is 16.3. The molecular weight excluding hydrogens is 192 g/mol. The molecule has 80 valence electrons. The lowest BCUT2D eigenvalue weighted by atomic mass is 10.2. The highest BCUT2D eigenvalue weighted by molar-refractivity contribution is 5.94. The van der Waals surface area contributed by atoms with Gasteiger partial charge in [0.25, 0.3) is 5.91 Å². The number of aromatic hydroxyl groups is 1. The van der Waals surface area contributed by atoms with Gasteiger partial charge in [0.05, 0.1) is 0 Å². The maximum Gasteiger partial charge on any atom is 0.251 e. The van der Waals surface area contributed by atoms with Crippen molar-refractivity contribution in [2.24, 2.45) is 0 Å². The standard InChI is InChI=1S/C11H14N2O2/c14-10-3-1-2-8(6-10)11(15)13-9-4-5-12-7-9/h1-3,6,9,12,14H,4-5,7H2,(H,13,15)/t9-/m1/s1. The summed E-state index contributed by atoms with van der Waals surface area (Å²) in [7, 11) is 0. The number of benzene rings is 1. The van der Waals surface area contributed by atoms with Crippen LogP contribution < -0.4 is 10.6 Å². The van der Waals surface area contributed by atoms with Crippen molar-refractivity contribution in [3.8, 4) is 5.75 Å². The van der Waals surface area contributed by atoms with Gasteiger partial charge in [-0.05, 0) is 31.2 Å². The first-order valence-corrected chi connectivity index (χ1v) is 5.06. The van der Waals surface area contributed by atoms with Crippen molar-refractivity contribution < 1.29 is 9.90 Å². The molecule has 1 saturated heterocycles. The smallest absolute Gasteiger partial charge is 0.251 e. The largest absolute Gasteiger partial charge is 0.508 e. The first-order chi connectivity index (χ1) is 7.25. The van der Waals surface area contributed by atoms with Crippen LogP contribution >= 0.6 is 0 Å². The van der Waals surface area contributed by atoms with Gasteiger partial charge in [-0.15, -0.1) is 0 Å². The van der Waals surface area contributed by atoms with E-state index in [0.717, 1.165) is 19.5 Å². The number of amides is 1. The molecule has 0 saturated carbocycles. The van der Waals surface area contributed by atoms with Crippen molar-refractivity contribution in [3.63, 3.8) is 0 Å².